The third-order valence-corrected chi connectivity index (χ3v) is 4.03. The number of rotatable bonds is 5. The van der Waals surface area contributed by atoms with E-state index in [-0.39, 0.29) is 5.54 Å². The summed E-state index contributed by atoms with van der Waals surface area (Å²) in [5.41, 5.74) is 8.66. The van der Waals surface area contributed by atoms with Crippen LogP contribution in [0.3, 0.4) is 0 Å². The summed E-state index contributed by atoms with van der Waals surface area (Å²) in [4.78, 5) is 4.54. The van der Waals surface area contributed by atoms with Crippen molar-refractivity contribution in [3.8, 4) is 0 Å². The predicted molar refractivity (Wildman–Crippen MR) is 77.8 cm³/mol. The lowest BCUT2D eigenvalue weighted by Gasteiger charge is -2.29. The second-order valence-electron chi connectivity index (χ2n) is 4.81. The number of aryl methyl sites for hydroxylation is 1. The van der Waals surface area contributed by atoms with Gasteiger partial charge in [-0.2, -0.15) is 0 Å². The van der Waals surface area contributed by atoms with Gasteiger partial charge in [-0.25, -0.2) is 4.98 Å². The molecule has 1 unspecified atom stereocenters. The highest BCUT2D eigenvalue weighted by Gasteiger charge is 2.27. The Morgan fingerprint density at radius 1 is 1.28 bits per heavy atom. The summed E-state index contributed by atoms with van der Waals surface area (Å²) in [5.74, 6) is 0. The standard InChI is InChI=1S/C15H20N2S/c1-3-9-15(16,13-7-5-4-6-8-13)10-14-11-18-12(2)17-14/h4-8,11H,3,9-10,16H2,1-2H3. The third-order valence-electron chi connectivity index (χ3n) is 3.21. The molecule has 1 atom stereocenters. The zero-order valence-electron chi connectivity index (χ0n) is 11.0. The monoisotopic (exact) mass is 260 g/mol. The van der Waals surface area contributed by atoms with Crippen LogP contribution < -0.4 is 5.73 Å². The molecule has 0 saturated carbocycles. The Hall–Kier alpha value is -1.19. The van der Waals surface area contributed by atoms with E-state index in [4.69, 9.17) is 5.73 Å². The van der Waals surface area contributed by atoms with E-state index in [9.17, 15) is 0 Å². The minimum absolute atomic E-state index is 0.295. The second kappa shape index (κ2) is 5.63. The Morgan fingerprint density at radius 3 is 2.56 bits per heavy atom. The predicted octanol–water partition coefficient (Wildman–Crippen LogP) is 3.65. The van der Waals surface area contributed by atoms with Gasteiger partial charge in [-0.1, -0.05) is 43.7 Å². The maximum Gasteiger partial charge on any atom is 0.0897 e. The van der Waals surface area contributed by atoms with Crippen molar-refractivity contribution in [1.82, 2.24) is 4.98 Å². The molecular weight excluding hydrogens is 240 g/mol. The van der Waals surface area contributed by atoms with Gasteiger partial charge in [0, 0.05) is 17.3 Å². The molecule has 0 aliphatic heterocycles. The van der Waals surface area contributed by atoms with Crippen LogP contribution in [0.2, 0.25) is 0 Å². The van der Waals surface area contributed by atoms with E-state index in [0.29, 0.717) is 0 Å². The first kappa shape index (κ1) is 13.2. The highest BCUT2D eigenvalue weighted by Crippen LogP contribution is 2.28. The molecule has 1 aromatic heterocycles. The van der Waals surface area contributed by atoms with Crippen LogP contribution in [0, 0.1) is 6.92 Å². The fourth-order valence-corrected chi connectivity index (χ4v) is 2.98. The van der Waals surface area contributed by atoms with Crippen molar-refractivity contribution in [2.75, 3.05) is 0 Å². The van der Waals surface area contributed by atoms with Crippen LogP contribution in [0.15, 0.2) is 35.7 Å². The summed E-state index contributed by atoms with van der Waals surface area (Å²) >= 11 is 1.69. The Morgan fingerprint density at radius 2 is 2.00 bits per heavy atom. The van der Waals surface area contributed by atoms with Crippen LogP contribution in [0.5, 0.6) is 0 Å². The zero-order valence-corrected chi connectivity index (χ0v) is 11.8. The second-order valence-corrected chi connectivity index (χ2v) is 5.87. The number of hydrogen-bond acceptors (Lipinski definition) is 3. The van der Waals surface area contributed by atoms with Crippen LogP contribution >= 0.6 is 11.3 Å². The third kappa shape index (κ3) is 2.98. The summed E-state index contributed by atoms with van der Waals surface area (Å²) in [6.45, 7) is 4.21. The molecule has 1 heterocycles. The summed E-state index contributed by atoms with van der Waals surface area (Å²) in [6.07, 6.45) is 2.87. The lowest BCUT2D eigenvalue weighted by Crippen LogP contribution is -2.39. The number of benzene rings is 1. The van der Waals surface area contributed by atoms with Gasteiger partial charge in [-0.05, 0) is 18.9 Å². The van der Waals surface area contributed by atoms with Crippen molar-refractivity contribution in [1.29, 1.82) is 0 Å². The van der Waals surface area contributed by atoms with Crippen molar-refractivity contribution >= 4 is 11.3 Å². The molecule has 96 valence electrons. The first-order valence-corrected chi connectivity index (χ1v) is 7.27. The SMILES string of the molecule is CCCC(N)(Cc1csc(C)n1)c1ccccc1. The number of aromatic nitrogens is 1. The number of nitrogens with zero attached hydrogens (tertiary/aromatic N) is 1. The van der Waals surface area contributed by atoms with Crippen molar-refractivity contribution in [2.24, 2.45) is 5.73 Å². The molecule has 18 heavy (non-hydrogen) atoms. The molecular formula is C15H20N2S. The molecule has 0 amide bonds. The molecule has 0 aliphatic rings. The molecule has 0 bridgehead atoms. The average molecular weight is 260 g/mol. The van der Waals surface area contributed by atoms with Gasteiger partial charge in [0.2, 0.25) is 0 Å². The first-order chi connectivity index (χ1) is 8.64. The van der Waals surface area contributed by atoms with E-state index < -0.39 is 0 Å². The molecule has 2 aromatic rings. The minimum atomic E-state index is -0.295. The quantitative estimate of drug-likeness (QED) is 0.891. The Balaban J connectivity index is 2.26. The summed E-state index contributed by atoms with van der Waals surface area (Å²) in [6, 6.07) is 10.4. The molecule has 2 nitrogen and oxygen atoms in total. The Kier molecular flexibility index (Phi) is 4.15. The molecule has 0 aliphatic carbocycles. The highest BCUT2D eigenvalue weighted by molar-refractivity contribution is 7.09. The van der Waals surface area contributed by atoms with E-state index in [1.54, 1.807) is 11.3 Å². The van der Waals surface area contributed by atoms with Gasteiger partial charge in [0.15, 0.2) is 0 Å². The van der Waals surface area contributed by atoms with Crippen LogP contribution in [0.25, 0.3) is 0 Å². The van der Waals surface area contributed by atoms with Crippen molar-refractivity contribution in [2.45, 2.75) is 38.6 Å². The van der Waals surface area contributed by atoms with E-state index in [0.717, 1.165) is 30.0 Å². The maximum atomic E-state index is 6.64. The first-order valence-electron chi connectivity index (χ1n) is 6.39. The molecule has 2 rings (SSSR count). The van der Waals surface area contributed by atoms with Gasteiger partial charge in [0.25, 0.3) is 0 Å². The molecule has 0 saturated heterocycles. The van der Waals surface area contributed by atoms with Crippen molar-refractivity contribution in [3.63, 3.8) is 0 Å². The lowest BCUT2D eigenvalue weighted by molar-refractivity contribution is 0.397. The molecule has 0 radical (unpaired) electrons. The van der Waals surface area contributed by atoms with Gasteiger partial charge < -0.3 is 5.73 Å². The van der Waals surface area contributed by atoms with E-state index in [2.05, 4.69) is 41.6 Å². The summed E-state index contributed by atoms with van der Waals surface area (Å²) in [5, 5.41) is 3.23. The van der Waals surface area contributed by atoms with E-state index in [1.165, 1.54) is 5.56 Å². The highest BCUT2D eigenvalue weighted by atomic mass is 32.1. The van der Waals surface area contributed by atoms with Crippen LogP contribution in [0.1, 0.15) is 36.0 Å². The summed E-state index contributed by atoms with van der Waals surface area (Å²) < 4.78 is 0. The number of hydrogen-bond donors (Lipinski definition) is 1. The Bertz CT molecular complexity index is 492. The van der Waals surface area contributed by atoms with Crippen LogP contribution in [0.4, 0.5) is 0 Å². The van der Waals surface area contributed by atoms with E-state index in [1.807, 2.05) is 13.0 Å². The van der Waals surface area contributed by atoms with Gasteiger partial charge in [0.05, 0.1) is 10.7 Å². The number of nitrogens with two attached hydrogens (primary N) is 1. The largest absolute Gasteiger partial charge is 0.321 e. The zero-order chi connectivity index (χ0) is 13.0. The number of thiazole rings is 1. The molecule has 2 N–H and O–H groups in total. The topological polar surface area (TPSA) is 38.9 Å². The molecule has 1 aromatic carbocycles. The Labute approximate surface area is 113 Å². The fourth-order valence-electron chi connectivity index (χ4n) is 2.36. The van der Waals surface area contributed by atoms with Crippen LogP contribution in [-0.2, 0) is 12.0 Å². The normalized spacial score (nSPS) is 14.4. The maximum absolute atomic E-state index is 6.64. The average Bonchev–Trinajstić information content (AvgIpc) is 2.76. The molecule has 0 fully saturated rings. The smallest absolute Gasteiger partial charge is 0.0897 e. The lowest BCUT2D eigenvalue weighted by atomic mass is 9.83. The molecule has 0 spiro atoms. The van der Waals surface area contributed by atoms with Gasteiger partial charge >= 0.3 is 0 Å². The van der Waals surface area contributed by atoms with Crippen molar-refractivity contribution in [3.05, 3.63) is 52.0 Å². The summed E-state index contributed by atoms with van der Waals surface area (Å²) in [7, 11) is 0. The van der Waals surface area contributed by atoms with Crippen LogP contribution in [-0.4, -0.2) is 4.98 Å². The van der Waals surface area contributed by atoms with E-state index >= 15 is 0 Å². The van der Waals surface area contributed by atoms with Gasteiger partial charge in [-0.15, -0.1) is 11.3 Å². The minimum Gasteiger partial charge on any atom is -0.321 e. The fraction of sp³-hybridized carbons (Fsp3) is 0.400. The molecule has 3 heteroatoms. The van der Waals surface area contributed by atoms with Gasteiger partial charge in [-0.3, -0.25) is 0 Å². The van der Waals surface area contributed by atoms with Gasteiger partial charge in [0.1, 0.15) is 0 Å². The van der Waals surface area contributed by atoms with Crippen molar-refractivity contribution < 1.29 is 0 Å².